The molecule has 0 saturated carbocycles. The molecule has 2 aromatic carbocycles. The summed E-state index contributed by atoms with van der Waals surface area (Å²) in [4.78, 5) is 13.9. The van der Waals surface area contributed by atoms with E-state index in [2.05, 4.69) is 52.1 Å². The van der Waals surface area contributed by atoms with Gasteiger partial charge in [-0.2, -0.15) is 4.98 Å². The van der Waals surface area contributed by atoms with Crippen LogP contribution in [0, 0.1) is 26.6 Å². The number of anilines is 4. The normalized spacial score (nSPS) is 14.2. The van der Waals surface area contributed by atoms with Gasteiger partial charge in [0.05, 0.1) is 0 Å². The molecule has 3 aromatic rings. The summed E-state index contributed by atoms with van der Waals surface area (Å²) in [7, 11) is 0. The monoisotopic (exact) mass is 391 g/mol. The maximum Gasteiger partial charge on any atom is 0.227 e. The third-order valence-corrected chi connectivity index (χ3v) is 5.38. The lowest BCUT2D eigenvalue weighted by Gasteiger charge is -2.36. The number of hydrogen-bond donors (Lipinski definition) is 1. The molecule has 1 fully saturated rings. The van der Waals surface area contributed by atoms with E-state index in [4.69, 9.17) is 4.98 Å². The molecular weight excluding hydrogens is 365 g/mol. The second-order valence-corrected chi connectivity index (χ2v) is 7.57. The van der Waals surface area contributed by atoms with Crippen molar-refractivity contribution in [1.82, 2.24) is 9.97 Å². The van der Waals surface area contributed by atoms with Gasteiger partial charge in [-0.25, -0.2) is 9.37 Å². The molecule has 2 heterocycles. The van der Waals surface area contributed by atoms with Crippen LogP contribution in [0.2, 0.25) is 0 Å². The van der Waals surface area contributed by atoms with Gasteiger partial charge >= 0.3 is 0 Å². The maximum atomic E-state index is 13.2. The molecule has 150 valence electrons. The highest BCUT2D eigenvalue weighted by atomic mass is 19.1. The molecule has 0 bridgehead atoms. The van der Waals surface area contributed by atoms with Crippen LogP contribution in [0.3, 0.4) is 0 Å². The van der Waals surface area contributed by atoms with Crippen LogP contribution < -0.4 is 15.1 Å². The summed E-state index contributed by atoms with van der Waals surface area (Å²) in [6.07, 6.45) is 0. The van der Waals surface area contributed by atoms with Crippen molar-refractivity contribution in [2.24, 2.45) is 0 Å². The Labute approximate surface area is 171 Å². The van der Waals surface area contributed by atoms with E-state index in [9.17, 15) is 4.39 Å². The fourth-order valence-electron chi connectivity index (χ4n) is 3.54. The molecule has 0 radical (unpaired) electrons. The van der Waals surface area contributed by atoms with Crippen molar-refractivity contribution >= 4 is 23.1 Å². The van der Waals surface area contributed by atoms with E-state index in [0.29, 0.717) is 0 Å². The van der Waals surface area contributed by atoms with E-state index in [1.54, 1.807) is 0 Å². The zero-order valence-electron chi connectivity index (χ0n) is 17.1. The molecule has 0 spiro atoms. The van der Waals surface area contributed by atoms with Gasteiger partial charge in [-0.3, -0.25) is 0 Å². The lowest BCUT2D eigenvalue weighted by Crippen LogP contribution is -2.47. The number of aryl methyl sites for hydroxylation is 3. The predicted molar refractivity (Wildman–Crippen MR) is 117 cm³/mol. The highest BCUT2D eigenvalue weighted by molar-refractivity contribution is 5.59. The Morgan fingerprint density at radius 3 is 2.17 bits per heavy atom. The molecule has 1 aromatic heterocycles. The number of rotatable bonds is 4. The molecule has 0 atom stereocenters. The standard InChI is InChI=1S/C23H26FN5/c1-16-4-7-20(14-17(16)2)26-22-15-18(3)25-23(27-22)29-12-10-28(11-13-29)21-8-5-19(24)6-9-21/h4-9,14-15H,10-13H2,1-3H3,(H,25,26,27). The second kappa shape index (κ2) is 8.07. The van der Waals surface area contributed by atoms with E-state index in [0.717, 1.165) is 55.0 Å². The third-order valence-electron chi connectivity index (χ3n) is 5.38. The van der Waals surface area contributed by atoms with Crippen LogP contribution in [0.15, 0.2) is 48.5 Å². The molecule has 0 amide bonds. The number of benzene rings is 2. The Hall–Kier alpha value is -3.15. The minimum atomic E-state index is -0.204. The van der Waals surface area contributed by atoms with Crippen molar-refractivity contribution in [2.45, 2.75) is 20.8 Å². The smallest absolute Gasteiger partial charge is 0.227 e. The minimum absolute atomic E-state index is 0.204. The van der Waals surface area contributed by atoms with Crippen LogP contribution in [-0.2, 0) is 0 Å². The summed E-state index contributed by atoms with van der Waals surface area (Å²) in [6.45, 7) is 9.56. The molecule has 1 aliphatic rings. The fourth-order valence-corrected chi connectivity index (χ4v) is 3.54. The molecule has 4 rings (SSSR count). The Kier molecular flexibility index (Phi) is 5.34. The molecule has 5 nitrogen and oxygen atoms in total. The number of piperazine rings is 1. The molecule has 1 saturated heterocycles. The number of nitrogens with zero attached hydrogens (tertiary/aromatic N) is 4. The van der Waals surface area contributed by atoms with Crippen LogP contribution in [0.25, 0.3) is 0 Å². The van der Waals surface area contributed by atoms with Crippen molar-refractivity contribution in [3.8, 4) is 0 Å². The maximum absolute atomic E-state index is 13.2. The Morgan fingerprint density at radius 1 is 0.793 bits per heavy atom. The van der Waals surface area contributed by atoms with Gasteiger partial charge < -0.3 is 15.1 Å². The summed E-state index contributed by atoms with van der Waals surface area (Å²) >= 11 is 0. The van der Waals surface area contributed by atoms with Gasteiger partial charge in [0.15, 0.2) is 0 Å². The molecule has 0 aliphatic carbocycles. The number of nitrogens with one attached hydrogen (secondary N) is 1. The fraction of sp³-hybridized carbons (Fsp3) is 0.304. The average molecular weight is 391 g/mol. The number of aromatic nitrogens is 2. The number of halogens is 1. The molecular formula is C23H26FN5. The first-order chi connectivity index (χ1) is 14.0. The van der Waals surface area contributed by atoms with Crippen molar-refractivity contribution in [3.05, 3.63) is 71.2 Å². The molecule has 1 aliphatic heterocycles. The van der Waals surface area contributed by atoms with Gasteiger partial charge in [0, 0.05) is 49.3 Å². The number of hydrogen-bond acceptors (Lipinski definition) is 5. The Bertz CT molecular complexity index is 995. The average Bonchev–Trinajstić information content (AvgIpc) is 2.71. The lowest BCUT2D eigenvalue weighted by atomic mass is 10.1. The minimum Gasteiger partial charge on any atom is -0.368 e. The SMILES string of the molecule is Cc1cc(Nc2ccc(C)c(C)c2)nc(N2CCN(c3ccc(F)cc3)CC2)n1. The topological polar surface area (TPSA) is 44.3 Å². The Balaban J connectivity index is 1.46. The summed E-state index contributed by atoms with van der Waals surface area (Å²) in [6, 6.07) is 15.0. The van der Waals surface area contributed by atoms with Crippen LogP contribution in [0.5, 0.6) is 0 Å². The quantitative estimate of drug-likeness (QED) is 0.704. The van der Waals surface area contributed by atoms with Gasteiger partial charge in [-0.05, 0) is 68.3 Å². The first kappa shape index (κ1) is 19.2. The lowest BCUT2D eigenvalue weighted by molar-refractivity contribution is 0.623. The zero-order chi connectivity index (χ0) is 20.4. The van der Waals surface area contributed by atoms with Crippen molar-refractivity contribution < 1.29 is 4.39 Å². The first-order valence-corrected chi connectivity index (χ1v) is 9.93. The highest BCUT2D eigenvalue weighted by Crippen LogP contribution is 2.23. The zero-order valence-corrected chi connectivity index (χ0v) is 17.1. The molecule has 1 N–H and O–H groups in total. The van der Waals surface area contributed by atoms with E-state index in [-0.39, 0.29) is 5.82 Å². The van der Waals surface area contributed by atoms with Gasteiger partial charge in [0.25, 0.3) is 0 Å². The molecule has 6 heteroatoms. The van der Waals surface area contributed by atoms with Crippen LogP contribution in [0.1, 0.15) is 16.8 Å². The summed E-state index contributed by atoms with van der Waals surface area (Å²) in [5, 5.41) is 3.41. The highest BCUT2D eigenvalue weighted by Gasteiger charge is 2.20. The summed E-state index contributed by atoms with van der Waals surface area (Å²) in [5.74, 6) is 1.34. The van der Waals surface area contributed by atoms with E-state index < -0.39 is 0 Å². The van der Waals surface area contributed by atoms with Crippen LogP contribution in [-0.4, -0.2) is 36.1 Å². The van der Waals surface area contributed by atoms with E-state index >= 15 is 0 Å². The summed E-state index contributed by atoms with van der Waals surface area (Å²) in [5.41, 5.74) is 5.53. The molecule has 29 heavy (non-hydrogen) atoms. The largest absolute Gasteiger partial charge is 0.368 e. The van der Waals surface area contributed by atoms with Gasteiger partial charge in [-0.1, -0.05) is 6.07 Å². The van der Waals surface area contributed by atoms with Gasteiger partial charge in [0.1, 0.15) is 11.6 Å². The van der Waals surface area contributed by atoms with E-state index in [1.807, 2.05) is 25.1 Å². The summed E-state index contributed by atoms with van der Waals surface area (Å²) < 4.78 is 13.2. The van der Waals surface area contributed by atoms with Crippen molar-refractivity contribution in [3.63, 3.8) is 0 Å². The van der Waals surface area contributed by atoms with Crippen molar-refractivity contribution in [1.29, 1.82) is 0 Å². The Morgan fingerprint density at radius 2 is 1.48 bits per heavy atom. The predicted octanol–water partition coefficient (Wildman–Crippen LogP) is 4.61. The van der Waals surface area contributed by atoms with Gasteiger partial charge in [0.2, 0.25) is 5.95 Å². The van der Waals surface area contributed by atoms with Crippen molar-refractivity contribution in [2.75, 3.05) is 41.3 Å². The van der Waals surface area contributed by atoms with E-state index in [1.165, 1.54) is 23.3 Å². The third kappa shape index (κ3) is 4.47. The van der Waals surface area contributed by atoms with Crippen LogP contribution >= 0.6 is 0 Å². The second-order valence-electron chi connectivity index (χ2n) is 7.57. The first-order valence-electron chi connectivity index (χ1n) is 9.93. The van der Waals surface area contributed by atoms with Gasteiger partial charge in [-0.15, -0.1) is 0 Å². The molecule has 0 unspecified atom stereocenters. The van der Waals surface area contributed by atoms with Crippen LogP contribution in [0.4, 0.5) is 27.5 Å².